The second-order valence-corrected chi connectivity index (χ2v) is 3.58. The number of hydrogen-bond donors (Lipinski definition) is 1. The summed E-state index contributed by atoms with van der Waals surface area (Å²) in [6.07, 6.45) is 3.53. The molecule has 0 bridgehead atoms. The van der Waals surface area contributed by atoms with E-state index in [1.807, 2.05) is 6.07 Å². The Morgan fingerprint density at radius 3 is 3.00 bits per heavy atom. The van der Waals surface area contributed by atoms with E-state index in [4.69, 9.17) is 5.21 Å². The zero-order valence-electron chi connectivity index (χ0n) is 8.77. The van der Waals surface area contributed by atoms with Crippen LogP contribution >= 0.6 is 0 Å². The third-order valence-electron chi connectivity index (χ3n) is 2.63. The zero-order valence-corrected chi connectivity index (χ0v) is 8.77. The number of fused-ring (bicyclic) bond motifs is 1. The molecule has 0 atom stereocenters. The van der Waals surface area contributed by atoms with Crippen LogP contribution in [0.5, 0.6) is 0 Å². The van der Waals surface area contributed by atoms with Crippen LogP contribution in [-0.2, 0) is 6.42 Å². The highest BCUT2D eigenvalue weighted by Crippen LogP contribution is 2.23. The van der Waals surface area contributed by atoms with Crippen LogP contribution in [0.15, 0.2) is 28.3 Å². The van der Waals surface area contributed by atoms with E-state index in [0.29, 0.717) is 0 Å². The third-order valence-corrected chi connectivity index (χ3v) is 2.63. The molecule has 1 aliphatic rings. The average molecular weight is 202 g/mol. The summed E-state index contributed by atoms with van der Waals surface area (Å²) in [7, 11) is 0. The normalized spacial score (nSPS) is 17.5. The van der Waals surface area contributed by atoms with Crippen LogP contribution in [0.3, 0.4) is 0 Å². The van der Waals surface area contributed by atoms with Gasteiger partial charge in [-0.25, -0.2) is 0 Å². The first-order valence-corrected chi connectivity index (χ1v) is 5.19. The molecule has 0 heterocycles. The summed E-state index contributed by atoms with van der Waals surface area (Å²) in [5, 5.41) is 11.5. The first kappa shape index (κ1) is 9.90. The number of hydrogen-bond acceptors (Lipinski definition) is 3. The van der Waals surface area contributed by atoms with Crippen molar-refractivity contribution in [2.24, 2.45) is 10.1 Å². The zero-order chi connectivity index (χ0) is 10.7. The van der Waals surface area contributed by atoms with Crippen LogP contribution in [0.2, 0.25) is 0 Å². The van der Waals surface area contributed by atoms with Crippen molar-refractivity contribution < 1.29 is 5.21 Å². The van der Waals surface area contributed by atoms with Crippen molar-refractivity contribution in [1.82, 2.24) is 0 Å². The Kier molecular flexibility index (Phi) is 2.81. The van der Waals surface area contributed by atoms with Gasteiger partial charge >= 0.3 is 0 Å². The van der Waals surface area contributed by atoms with E-state index in [0.717, 1.165) is 24.9 Å². The molecule has 0 amide bonds. The Morgan fingerprint density at radius 2 is 2.27 bits per heavy atom. The fourth-order valence-electron chi connectivity index (χ4n) is 1.99. The second kappa shape index (κ2) is 4.26. The molecule has 1 aromatic rings. The molecule has 0 saturated carbocycles. The van der Waals surface area contributed by atoms with Crippen molar-refractivity contribution in [3.8, 4) is 0 Å². The maximum Gasteiger partial charge on any atom is 0.0733 e. The van der Waals surface area contributed by atoms with E-state index in [1.165, 1.54) is 23.1 Å². The highest BCUT2D eigenvalue weighted by Gasteiger charge is 2.16. The molecule has 3 heteroatoms. The van der Waals surface area contributed by atoms with Gasteiger partial charge in [-0.1, -0.05) is 17.3 Å². The third kappa shape index (κ3) is 1.91. The quantitative estimate of drug-likeness (QED) is 0.446. The molecule has 78 valence electrons. The lowest BCUT2D eigenvalue weighted by molar-refractivity contribution is 0.322. The van der Waals surface area contributed by atoms with Crippen molar-refractivity contribution in [3.05, 3.63) is 34.9 Å². The van der Waals surface area contributed by atoms with Gasteiger partial charge in [-0.15, -0.1) is 0 Å². The van der Waals surface area contributed by atoms with E-state index in [-0.39, 0.29) is 0 Å². The summed E-state index contributed by atoms with van der Waals surface area (Å²) < 4.78 is 0. The lowest BCUT2D eigenvalue weighted by Crippen LogP contribution is -1.95. The molecular weight excluding hydrogens is 188 g/mol. The van der Waals surface area contributed by atoms with Gasteiger partial charge in [0.15, 0.2) is 0 Å². The van der Waals surface area contributed by atoms with Crippen LogP contribution in [0.4, 0.5) is 0 Å². The lowest BCUT2D eigenvalue weighted by atomic mass is 10.1. The van der Waals surface area contributed by atoms with Crippen molar-refractivity contribution in [2.75, 3.05) is 6.54 Å². The first-order valence-electron chi connectivity index (χ1n) is 5.19. The maximum absolute atomic E-state index is 8.45. The molecule has 1 aromatic carbocycles. The molecule has 0 aliphatic heterocycles. The fraction of sp³-hybridized carbons (Fsp3) is 0.333. The Balaban J connectivity index is 2.37. The molecule has 0 saturated heterocycles. The van der Waals surface area contributed by atoms with Gasteiger partial charge in [0.1, 0.15) is 0 Å². The van der Waals surface area contributed by atoms with E-state index >= 15 is 0 Å². The standard InChI is InChI=1S/C12H14N2O/c1-2-13-12-6-4-10-7-9(8-14-15)3-5-11(10)12/h3,5,7-8,15H,2,4,6H2,1H3/b13-12?,14-8+. The van der Waals surface area contributed by atoms with E-state index in [9.17, 15) is 0 Å². The van der Waals surface area contributed by atoms with Crippen molar-refractivity contribution in [1.29, 1.82) is 0 Å². The number of aryl methyl sites for hydroxylation is 1. The minimum Gasteiger partial charge on any atom is -0.411 e. The second-order valence-electron chi connectivity index (χ2n) is 3.58. The largest absolute Gasteiger partial charge is 0.411 e. The minimum absolute atomic E-state index is 0.842. The number of rotatable bonds is 2. The molecular formula is C12H14N2O. The molecule has 0 unspecified atom stereocenters. The summed E-state index contributed by atoms with van der Waals surface area (Å²) >= 11 is 0. The highest BCUT2D eigenvalue weighted by atomic mass is 16.4. The predicted octanol–water partition coefficient (Wildman–Crippen LogP) is 2.25. The van der Waals surface area contributed by atoms with Crippen LogP contribution in [0, 0.1) is 0 Å². The Bertz CT molecular complexity index is 422. The van der Waals surface area contributed by atoms with Gasteiger partial charge in [-0.05, 0) is 42.5 Å². The smallest absolute Gasteiger partial charge is 0.0733 e. The molecule has 15 heavy (non-hydrogen) atoms. The van der Waals surface area contributed by atoms with Crippen LogP contribution in [0.1, 0.15) is 30.0 Å². The lowest BCUT2D eigenvalue weighted by Gasteiger charge is -2.00. The highest BCUT2D eigenvalue weighted by molar-refractivity contribution is 6.05. The molecule has 2 rings (SSSR count). The van der Waals surface area contributed by atoms with E-state index < -0.39 is 0 Å². The van der Waals surface area contributed by atoms with Crippen molar-refractivity contribution in [2.45, 2.75) is 19.8 Å². The summed E-state index contributed by atoms with van der Waals surface area (Å²) in [6, 6.07) is 6.08. The number of aliphatic imine (C=N–C) groups is 1. The molecule has 0 fully saturated rings. The number of oxime groups is 1. The monoisotopic (exact) mass is 202 g/mol. The maximum atomic E-state index is 8.45. The van der Waals surface area contributed by atoms with Gasteiger partial charge in [-0.2, -0.15) is 0 Å². The fourth-order valence-corrected chi connectivity index (χ4v) is 1.99. The molecule has 0 aromatic heterocycles. The van der Waals surface area contributed by atoms with Gasteiger partial charge in [0, 0.05) is 12.3 Å². The van der Waals surface area contributed by atoms with Gasteiger partial charge in [0.25, 0.3) is 0 Å². The average Bonchev–Trinajstić information content (AvgIpc) is 2.62. The van der Waals surface area contributed by atoms with Gasteiger partial charge < -0.3 is 5.21 Å². The van der Waals surface area contributed by atoms with Crippen LogP contribution in [0.25, 0.3) is 0 Å². The van der Waals surface area contributed by atoms with Gasteiger partial charge in [-0.3, -0.25) is 4.99 Å². The van der Waals surface area contributed by atoms with Gasteiger partial charge in [0.05, 0.1) is 6.21 Å². The van der Waals surface area contributed by atoms with E-state index in [1.54, 1.807) is 0 Å². The molecule has 1 N–H and O–H groups in total. The van der Waals surface area contributed by atoms with Crippen LogP contribution < -0.4 is 0 Å². The molecule has 0 spiro atoms. The predicted molar refractivity (Wildman–Crippen MR) is 61.2 cm³/mol. The Labute approximate surface area is 89.2 Å². The van der Waals surface area contributed by atoms with Gasteiger partial charge in [0.2, 0.25) is 0 Å². The summed E-state index contributed by atoms with van der Waals surface area (Å²) in [6.45, 7) is 2.90. The summed E-state index contributed by atoms with van der Waals surface area (Å²) in [5.41, 5.74) is 4.71. The SMILES string of the molecule is CCN=C1CCc2cc(/C=N/O)ccc21. The molecule has 1 aliphatic carbocycles. The van der Waals surface area contributed by atoms with Crippen molar-refractivity contribution in [3.63, 3.8) is 0 Å². The Hall–Kier alpha value is -1.64. The number of nitrogens with zero attached hydrogens (tertiary/aromatic N) is 2. The molecule has 0 radical (unpaired) electrons. The summed E-state index contributed by atoms with van der Waals surface area (Å²) in [5.74, 6) is 0. The summed E-state index contributed by atoms with van der Waals surface area (Å²) in [4.78, 5) is 4.47. The van der Waals surface area contributed by atoms with Crippen molar-refractivity contribution >= 4 is 11.9 Å². The van der Waals surface area contributed by atoms with E-state index in [2.05, 4.69) is 29.2 Å². The number of benzene rings is 1. The first-order chi connectivity index (χ1) is 7.35. The van der Waals surface area contributed by atoms with Crippen LogP contribution in [-0.4, -0.2) is 23.7 Å². The Morgan fingerprint density at radius 1 is 1.40 bits per heavy atom. The molecule has 3 nitrogen and oxygen atoms in total. The topological polar surface area (TPSA) is 45.0 Å². The minimum atomic E-state index is 0.842.